The molecule has 0 aromatic heterocycles. The van der Waals surface area contributed by atoms with Crippen LogP contribution in [0.15, 0.2) is 24.3 Å². The van der Waals surface area contributed by atoms with Gasteiger partial charge < -0.3 is 14.8 Å². The second kappa shape index (κ2) is 10.8. The standard InChI is InChI=1S/C18H31NO2/c1-5-7-12-20-13-14-21-16(4)18(19-6-2)17-10-8-15(3)9-11-17/h8-11,16,18-19H,5-7,12-14H2,1-4H3. The van der Waals surface area contributed by atoms with Crippen LogP contribution in [-0.2, 0) is 9.47 Å². The average molecular weight is 293 g/mol. The molecule has 2 atom stereocenters. The Kier molecular flexibility index (Phi) is 9.31. The topological polar surface area (TPSA) is 30.5 Å². The van der Waals surface area contributed by atoms with Crippen molar-refractivity contribution in [2.45, 2.75) is 52.7 Å². The molecule has 0 radical (unpaired) electrons. The van der Waals surface area contributed by atoms with Crippen LogP contribution in [0.4, 0.5) is 0 Å². The molecular formula is C18H31NO2. The van der Waals surface area contributed by atoms with E-state index in [0.717, 1.165) is 19.6 Å². The lowest BCUT2D eigenvalue weighted by atomic mass is 10.0. The first-order valence-electron chi connectivity index (χ1n) is 8.18. The molecule has 0 saturated carbocycles. The highest BCUT2D eigenvalue weighted by atomic mass is 16.5. The van der Waals surface area contributed by atoms with Crippen LogP contribution in [0.3, 0.4) is 0 Å². The summed E-state index contributed by atoms with van der Waals surface area (Å²) in [5.74, 6) is 0. The number of rotatable bonds is 11. The van der Waals surface area contributed by atoms with Crippen molar-refractivity contribution < 1.29 is 9.47 Å². The van der Waals surface area contributed by atoms with E-state index in [1.165, 1.54) is 17.5 Å². The van der Waals surface area contributed by atoms with E-state index in [1.54, 1.807) is 0 Å². The normalized spacial score (nSPS) is 14.1. The van der Waals surface area contributed by atoms with Crippen molar-refractivity contribution >= 4 is 0 Å². The molecule has 3 heteroatoms. The summed E-state index contributed by atoms with van der Waals surface area (Å²) in [4.78, 5) is 0. The van der Waals surface area contributed by atoms with Crippen molar-refractivity contribution in [2.75, 3.05) is 26.4 Å². The average Bonchev–Trinajstić information content (AvgIpc) is 2.49. The molecule has 0 aliphatic carbocycles. The van der Waals surface area contributed by atoms with Crippen LogP contribution >= 0.6 is 0 Å². The van der Waals surface area contributed by atoms with Gasteiger partial charge in [0.25, 0.3) is 0 Å². The monoisotopic (exact) mass is 293 g/mol. The van der Waals surface area contributed by atoms with Crippen molar-refractivity contribution in [3.8, 4) is 0 Å². The van der Waals surface area contributed by atoms with Gasteiger partial charge in [-0.05, 0) is 32.4 Å². The first-order valence-corrected chi connectivity index (χ1v) is 8.18. The number of nitrogens with one attached hydrogen (secondary N) is 1. The summed E-state index contributed by atoms with van der Waals surface area (Å²) in [6.45, 7) is 11.6. The van der Waals surface area contributed by atoms with Crippen molar-refractivity contribution in [3.63, 3.8) is 0 Å². The molecule has 0 aliphatic heterocycles. The maximum atomic E-state index is 5.93. The Balaban J connectivity index is 2.42. The Labute approximate surface area is 130 Å². The fourth-order valence-corrected chi connectivity index (χ4v) is 2.29. The fraction of sp³-hybridized carbons (Fsp3) is 0.667. The number of hydrogen-bond acceptors (Lipinski definition) is 3. The van der Waals surface area contributed by atoms with E-state index < -0.39 is 0 Å². The fourth-order valence-electron chi connectivity index (χ4n) is 2.29. The Morgan fingerprint density at radius 1 is 1.05 bits per heavy atom. The summed E-state index contributed by atoms with van der Waals surface area (Å²) in [7, 11) is 0. The van der Waals surface area contributed by atoms with Crippen LogP contribution in [0.1, 0.15) is 50.8 Å². The number of ether oxygens (including phenoxy) is 2. The predicted molar refractivity (Wildman–Crippen MR) is 88.7 cm³/mol. The summed E-state index contributed by atoms with van der Waals surface area (Å²) in [5.41, 5.74) is 2.56. The zero-order chi connectivity index (χ0) is 15.5. The Morgan fingerprint density at radius 2 is 1.76 bits per heavy atom. The van der Waals surface area contributed by atoms with Gasteiger partial charge in [0.05, 0.1) is 25.4 Å². The maximum absolute atomic E-state index is 5.93. The zero-order valence-corrected chi connectivity index (χ0v) is 14.0. The molecule has 0 spiro atoms. The van der Waals surface area contributed by atoms with Gasteiger partial charge in [-0.2, -0.15) is 0 Å². The molecule has 0 saturated heterocycles. The van der Waals surface area contributed by atoms with Crippen molar-refractivity contribution in [2.24, 2.45) is 0 Å². The Morgan fingerprint density at radius 3 is 2.38 bits per heavy atom. The summed E-state index contributed by atoms with van der Waals surface area (Å²) in [5, 5.41) is 3.51. The number of hydrogen-bond donors (Lipinski definition) is 1. The SMILES string of the molecule is CCCCOCCOC(C)C(NCC)c1ccc(C)cc1. The summed E-state index contributed by atoms with van der Waals surface area (Å²) >= 11 is 0. The predicted octanol–water partition coefficient (Wildman–Crippen LogP) is 3.87. The van der Waals surface area contributed by atoms with E-state index in [2.05, 4.69) is 57.3 Å². The summed E-state index contributed by atoms with van der Waals surface area (Å²) < 4.78 is 11.5. The minimum Gasteiger partial charge on any atom is -0.379 e. The second-order valence-electron chi connectivity index (χ2n) is 5.49. The van der Waals surface area contributed by atoms with Gasteiger partial charge in [-0.3, -0.25) is 0 Å². The summed E-state index contributed by atoms with van der Waals surface area (Å²) in [6, 6.07) is 8.90. The largest absolute Gasteiger partial charge is 0.379 e. The third-order valence-electron chi connectivity index (χ3n) is 3.58. The Hall–Kier alpha value is -0.900. The molecule has 3 nitrogen and oxygen atoms in total. The molecule has 0 heterocycles. The van der Waals surface area contributed by atoms with Gasteiger partial charge in [0.1, 0.15) is 0 Å². The van der Waals surface area contributed by atoms with Crippen LogP contribution in [-0.4, -0.2) is 32.5 Å². The van der Waals surface area contributed by atoms with Crippen molar-refractivity contribution in [3.05, 3.63) is 35.4 Å². The molecule has 0 amide bonds. The molecule has 2 unspecified atom stereocenters. The van der Waals surface area contributed by atoms with Crippen molar-refractivity contribution in [1.29, 1.82) is 0 Å². The highest BCUT2D eigenvalue weighted by Crippen LogP contribution is 2.19. The van der Waals surface area contributed by atoms with Gasteiger partial charge in [-0.15, -0.1) is 0 Å². The zero-order valence-electron chi connectivity index (χ0n) is 14.0. The third-order valence-corrected chi connectivity index (χ3v) is 3.58. The highest BCUT2D eigenvalue weighted by molar-refractivity contribution is 5.24. The molecule has 0 aliphatic rings. The van der Waals surface area contributed by atoms with Gasteiger partial charge in [0.15, 0.2) is 0 Å². The molecule has 1 rings (SSSR count). The first kappa shape index (κ1) is 18.1. The minimum atomic E-state index is 0.127. The van der Waals surface area contributed by atoms with Crippen LogP contribution < -0.4 is 5.32 Å². The number of unbranched alkanes of at least 4 members (excludes halogenated alkanes) is 1. The smallest absolute Gasteiger partial charge is 0.0742 e. The minimum absolute atomic E-state index is 0.127. The molecule has 0 bridgehead atoms. The number of likely N-dealkylation sites (N-methyl/N-ethyl adjacent to an activating group) is 1. The van der Waals surface area contributed by atoms with Crippen LogP contribution in [0.25, 0.3) is 0 Å². The molecular weight excluding hydrogens is 262 g/mol. The number of aryl methyl sites for hydroxylation is 1. The van der Waals surface area contributed by atoms with E-state index in [1.807, 2.05) is 0 Å². The van der Waals surface area contributed by atoms with Crippen LogP contribution in [0.5, 0.6) is 0 Å². The van der Waals surface area contributed by atoms with Gasteiger partial charge >= 0.3 is 0 Å². The van der Waals surface area contributed by atoms with Crippen LogP contribution in [0.2, 0.25) is 0 Å². The molecule has 120 valence electrons. The van der Waals surface area contributed by atoms with Gasteiger partial charge in [-0.25, -0.2) is 0 Å². The van der Waals surface area contributed by atoms with E-state index in [9.17, 15) is 0 Å². The second-order valence-corrected chi connectivity index (χ2v) is 5.49. The van der Waals surface area contributed by atoms with Crippen LogP contribution in [0, 0.1) is 6.92 Å². The van der Waals surface area contributed by atoms with E-state index in [0.29, 0.717) is 13.2 Å². The maximum Gasteiger partial charge on any atom is 0.0742 e. The quantitative estimate of drug-likeness (QED) is 0.628. The third kappa shape index (κ3) is 7.07. The van der Waals surface area contributed by atoms with E-state index in [4.69, 9.17) is 9.47 Å². The molecule has 1 aromatic rings. The van der Waals surface area contributed by atoms with Crippen molar-refractivity contribution in [1.82, 2.24) is 5.32 Å². The first-order chi connectivity index (χ1) is 10.2. The van der Waals surface area contributed by atoms with Gasteiger partial charge in [0.2, 0.25) is 0 Å². The van der Waals surface area contributed by atoms with Gasteiger partial charge in [0, 0.05) is 6.61 Å². The molecule has 0 fully saturated rings. The van der Waals surface area contributed by atoms with Gasteiger partial charge in [-0.1, -0.05) is 50.1 Å². The molecule has 1 N–H and O–H groups in total. The highest BCUT2D eigenvalue weighted by Gasteiger charge is 2.18. The molecule has 21 heavy (non-hydrogen) atoms. The molecule has 1 aromatic carbocycles. The lowest BCUT2D eigenvalue weighted by Crippen LogP contribution is -2.32. The number of benzene rings is 1. The van der Waals surface area contributed by atoms with E-state index in [-0.39, 0.29) is 12.1 Å². The Bertz CT molecular complexity index is 364. The lowest BCUT2D eigenvalue weighted by molar-refractivity contribution is -0.00381. The lowest BCUT2D eigenvalue weighted by Gasteiger charge is -2.25. The van der Waals surface area contributed by atoms with E-state index >= 15 is 0 Å². The summed E-state index contributed by atoms with van der Waals surface area (Å²) in [6.07, 6.45) is 2.42.